The van der Waals surface area contributed by atoms with E-state index in [-0.39, 0.29) is 0 Å². The van der Waals surface area contributed by atoms with Crippen LogP contribution in [0.15, 0.2) is 12.3 Å². The van der Waals surface area contributed by atoms with Crippen LogP contribution in [0, 0.1) is 6.92 Å². The number of nitrogens with zero attached hydrogens (tertiary/aromatic N) is 2. The molecular formula is C9H12N2. The molecule has 0 spiro atoms. The predicted octanol–water partition coefficient (Wildman–Crippen LogP) is 1.84. The summed E-state index contributed by atoms with van der Waals surface area (Å²) in [6, 6.07) is 1.94. The van der Waals surface area contributed by atoms with Crippen LogP contribution in [0.4, 0.5) is 0 Å². The van der Waals surface area contributed by atoms with Crippen LogP contribution >= 0.6 is 0 Å². The van der Waals surface area contributed by atoms with Crippen LogP contribution in [0.1, 0.15) is 31.3 Å². The Balaban J connectivity index is 2.38. The van der Waals surface area contributed by atoms with E-state index in [9.17, 15) is 0 Å². The van der Waals surface area contributed by atoms with E-state index in [1.165, 1.54) is 12.8 Å². The normalized spacial score (nSPS) is 19.8. The highest BCUT2D eigenvalue weighted by Crippen LogP contribution is 2.45. The van der Waals surface area contributed by atoms with Gasteiger partial charge in [-0.1, -0.05) is 6.92 Å². The summed E-state index contributed by atoms with van der Waals surface area (Å²) in [5.41, 5.74) is 1.38. The minimum atomic E-state index is 0.312. The summed E-state index contributed by atoms with van der Waals surface area (Å²) in [5, 5.41) is 0. The van der Waals surface area contributed by atoms with Crippen LogP contribution < -0.4 is 0 Å². The number of rotatable bonds is 1. The second kappa shape index (κ2) is 2.03. The molecule has 1 aromatic rings. The van der Waals surface area contributed by atoms with Gasteiger partial charge in [-0.05, 0) is 25.8 Å². The number of hydrogen-bond acceptors (Lipinski definition) is 2. The lowest BCUT2D eigenvalue weighted by Gasteiger charge is -2.05. The van der Waals surface area contributed by atoms with Gasteiger partial charge in [-0.3, -0.25) is 0 Å². The first kappa shape index (κ1) is 6.77. The van der Waals surface area contributed by atoms with Crippen molar-refractivity contribution < 1.29 is 0 Å². The van der Waals surface area contributed by atoms with Crippen LogP contribution in [-0.2, 0) is 5.41 Å². The first-order valence-corrected chi connectivity index (χ1v) is 4.01. The molecule has 1 fully saturated rings. The largest absolute Gasteiger partial charge is 0.241 e. The van der Waals surface area contributed by atoms with Crippen LogP contribution in [0.5, 0.6) is 0 Å². The van der Waals surface area contributed by atoms with Crippen molar-refractivity contribution in [1.29, 1.82) is 0 Å². The van der Waals surface area contributed by atoms with Crippen molar-refractivity contribution in [2.24, 2.45) is 0 Å². The standard InChI is InChI=1S/C9H12N2/c1-7-3-6-10-8(11-7)9(2)4-5-9/h3,6H,4-5H2,1-2H3. The SMILES string of the molecule is Cc1ccnc(C2(C)CC2)n1. The van der Waals surface area contributed by atoms with E-state index in [1.807, 2.05) is 19.2 Å². The fourth-order valence-electron chi connectivity index (χ4n) is 1.15. The average molecular weight is 148 g/mol. The minimum absolute atomic E-state index is 0.312. The molecule has 1 aromatic heterocycles. The first-order chi connectivity index (χ1) is 5.21. The molecule has 1 aliphatic rings. The fourth-order valence-corrected chi connectivity index (χ4v) is 1.15. The third-order valence-electron chi connectivity index (χ3n) is 2.33. The fraction of sp³-hybridized carbons (Fsp3) is 0.556. The van der Waals surface area contributed by atoms with Gasteiger partial charge >= 0.3 is 0 Å². The first-order valence-electron chi connectivity index (χ1n) is 4.01. The van der Waals surface area contributed by atoms with Gasteiger partial charge in [-0.15, -0.1) is 0 Å². The summed E-state index contributed by atoms with van der Waals surface area (Å²) in [6.45, 7) is 4.23. The highest BCUT2D eigenvalue weighted by Gasteiger charge is 2.41. The molecule has 2 rings (SSSR count). The Bertz CT molecular complexity index is 277. The maximum atomic E-state index is 4.40. The van der Waals surface area contributed by atoms with Crippen molar-refractivity contribution in [3.63, 3.8) is 0 Å². The quantitative estimate of drug-likeness (QED) is 0.607. The van der Waals surface area contributed by atoms with Crippen molar-refractivity contribution in [3.8, 4) is 0 Å². The highest BCUT2D eigenvalue weighted by molar-refractivity contribution is 5.16. The smallest absolute Gasteiger partial charge is 0.134 e. The molecule has 2 heteroatoms. The minimum Gasteiger partial charge on any atom is -0.241 e. The molecule has 1 heterocycles. The Kier molecular flexibility index (Phi) is 1.25. The number of aromatic nitrogens is 2. The summed E-state index contributed by atoms with van der Waals surface area (Å²) in [5.74, 6) is 1.03. The van der Waals surface area contributed by atoms with Gasteiger partial charge in [0.25, 0.3) is 0 Å². The molecule has 0 bridgehead atoms. The Hall–Kier alpha value is -0.920. The molecule has 58 valence electrons. The second-order valence-electron chi connectivity index (χ2n) is 3.58. The molecule has 11 heavy (non-hydrogen) atoms. The lowest BCUT2D eigenvalue weighted by molar-refractivity contribution is 0.703. The van der Waals surface area contributed by atoms with Gasteiger partial charge in [0, 0.05) is 17.3 Å². The third-order valence-corrected chi connectivity index (χ3v) is 2.33. The van der Waals surface area contributed by atoms with E-state index >= 15 is 0 Å². The van der Waals surface area contributed by atoms with Gasteiger partial charge in [0.05, 0.1) is 0 Å². The molecular weight excluding hydrogens is 136 g/mol. The van der Waals surface area contributed by atoms with E-state index < -0.39 is 0 Å². The molecule has 0 radical (unpaired) electrons. The van der Waals surface area contributed by atoms with Crippen LogP contribution in [-0.4, -0.2) is 9.97 Å². The Labute approximate surface area is 66.7 Å². The zero-order valence-electron chi connectivity index (χ0n) is 6.96. The van der Waals surface area contributed by atoms with Gasteiger partial charge in [0.2, 0.25) is 0 Å². The molecule has 0 unspecified atom stereocenters. The molecule has 0 saturated heterocycles. The average Bonchev–Trinajstić information content (AvgIpc) is 2.70. The van der Waals surface area contributed by atoms with Gasteiger partial charge in [0.15, 0.2) is 0 Å². The van der Waals surface area contributed by atoms with Crippen molar-refractivity contribution in [2.45, 2.75) is 32.1 Å². The van der Waals surface area contributed by atoms with Crippen LogP contribution in [0.3, 0.4) is 0 Å². The molecule has 0 amide bonds. The molecule has 0 atom stereocenters. The van der Waals surface area contributed by atoms with Gasteiger partial charge in [-0.2, -0.15) is 0 Å². The highest BCUT2D eigenvalue weighted by atomic mass is 14.9. The zero-order valence-corrected chi connectivity index (χ0v) is 6.96. The summed E-state index contributed by atoms with van der Waals surface area (Å²) in [4.78, 5) is 8.66. The monoisotopic (exact) mass is 148 g/mol. The summed E-state index contributed by atoms with van der Waals surface area (Å²) in [7, 11) is 0. The van der Waals surface area contributed by atoms with Crippen LogP contribution in [0.2, 0.25) is 0 Å². The van der Waals surface area contributed by atoms with E-state index in [0.717, 1.165) is 11.5 Å². The summed E-state index contributed by atoms with van der Waals surface area (Å²) >= 11 is 0. The maximum absolute atomic E-state index is 4.40. The molecule has 2 nitrogen and oxygen atoms in total. The number of hydrogen-bond donors (Lipinski definition) is 0. The lowest BCUT2D eigenvalue weighted by Crippen LogP contribution is -2.06. The van der Waals surface area contributed by atoms with Crippen molar-refractivity contribution in [3.05, 3.63) is 23.8 Å². The topological polar surface area (TPSA) is 25.8 Å². The molecule has 1 aliphatic carbocycles. The predicted molar refractivity (Wildman–Crippen MR) is 43.4 cm³/mol. The lowest BCUT2D eigenvalue weighted by atomic mass is 10.1. The Morgan fingerprint density at radius 2 is 2.18 bits per heavy atom. The zero-order chi connectivity index (χ0) is 7.90. The second-order valence-corrected chi connectivity index (χ2v) is 3.58. The Morgan fingerprint density at radius 3 is 2.73 bits per heavy atom. The molecule has 1 saturated carbocycles. The van der Waals surface area contributed by atoms with Crippen LogP contribution in [0.25, 0.3) is 0 Å². The van der Waals surface area contributed by atoms with Crippen molar-refractivity contribution in [2.75, 3.05) is 0 Å². The Morgan fingerprint density at radius 1 is 1.45 bits per heavy atom. The van der Waals surface area contributed by atoms with Crippen molar-refractivity contribution >= 4 is 0 Å². The molecule has 0 aromatic carbocycles. The van der Waals surface area contributed by atoms with E-state index in [4.69, 9.17) is 0 Å². The van der Waals surface area contributed by atoms with Gasteiger partial charge < -0.3 is 0 Å². The maximum Gasteiger partial charge on any atom is 0.134 e. The van der Waals surface area contributed by atoms with Crippen molar-refractivity contribution in [1.82, 2.24) is 9.97 Å². The van der Waals surface area contributed by atoms with E-state index in [2.05, 4.69) is 16.9 Å². The third kappa shape index (κ3) is 1.13. The van der Waals surface area contributed by atoms with E-state index in [1.54, 1.807) is 0 Å². The molecule has 0 N–H and O–H groups in total. The summed E-state index contributed by atoms with van der Waals surface area (Å²) in [6.07, 6.45) is 4.34. The number of aryl methyl sites for hydroxylation is 1. The molecule has 0 aliphatic heterocycles. The van der Waals surface area contributed by atoms with Gasteiger partial charge in [0.1, 0.15) is 5.82 Å². The van der Waals surface area contributed by atoms with Gasteiger partial charge in [-0.25, -0.2) is 9.97 Å². The van der Waals surface area contributed by atoms with E-state index in [0.29, 0.717) is 5.41 Å². The summed E-state index contributed by atoms with van der Waals surface area (Å²) < 4.78 is 0.